The molecule has 0 spiro atoms. The van der Waals surface area contributed by atoms with Gasteiger partial charge in [0.05, 0.1) is 11.7 Å². The second kappa shape index (κ2) is 11.0. The van der Waals surface area contributed by atoms with Crippen molar-refractivity contribution >= 4 is 34.5 Å². The summed E-state index contributed by atoms with van der Waals surface area (Å²) < 4.78 is 13.0. The molecule has 0 heterocycles. The monoisotopic (exact) mass is 430 g/mol. The lowest BCUT2D eigenvalue weighted by Gasteiger charge is -2.18. The van der Waals surface area contributed by atoms with Crippen molar-refractivity contribution in [3.8, 4) is 0 Å². The third-order valence-electron chi connectivity index (χ3n) is 4.08. The summed E-state index contributed by atoms with van der Waals surface area (Å²) in [4.78, 5) is 46.4. The van der Waals surface area contributed by atoms with Crippen LogP contribution in [0.3, 0.4) is 0 Å². The van der Waals surface area contributed by atoms with Crippen molar-refractivity contribution in [2.75, 3.05) is 5.75 Å². The highest BCUT2D eigenvalue weighted by Crippen LogP contribution is 2.28. The van der Waals surface area contributed by atoms with Crippen LogP contribution in [0.1, 0.15) is 29.7 Å². The molecule has 0 aliphatic rings. The second-order valence-electron chi connectivity index (χ2n) is 6.49. The highest BCUT2D eigenvalue weighted by atomic mass is 32.2. The Balaban J connectivity index is 2.06. The largest absolute Gasteiger partial charge is 0.480 e. The lowest BCUT2D eigenvalue weighted by atomic mass is 10.0. The molecule has 2 rings (SSSR count). The predicted molar refractivity (Wildman–Crippen MR) is 111 cm³/mol. The number of amides is 3. The van der Waals surface area contributed by atoms with Crippen LogP contribution in [-0.2, 0) is 30.0 Å². The molecule has 9 heteroatoms. The van der Waals surface area contributed by atoms with Crippen LogP contribution in [0, 0.1) is 0 Å². The van der Waals surface area contributed by atoms with Crippen molar-refractivity contribution in [2.24, 2.45) is 0 Å². The molecule has 8 nitrogen and oxygen atoms in total. The zero-order valence-electron chi connectivity index (χ0n) is 16.2. The Hall–Kier alpha value is -3.33. The zero-order chi connectivity index (χ0) is 22.1. The van der Waals surface area contributed by atoms with Gasteiger partial charge >= 0.3 is 5.97 Å². The molecule has 30 heavy (non-hydrogen) atoms. The molecule has 0 aliphatic heterocycles. The van der Waals surface area contributed by atoms with Gasteiger partial charge in [0, 0.05) is 17.7 Å². The fourth-order valence-corrected chi connectivity index (χ4v) is 4.26. The summed E-state index contributed by atoms with van der Waals surface area (Å²) in [5, 5.41) is 12.6. The first-order valence-corrected chi connectivity index (χ1v) is 10.5. The quantitative estimate of drug-likeness (QED) is 0.547. The number of imide groups is 1. The number of hydrogen-bond donors (Lipinski definition) is 3. The molecule has 0 aliphatic carbocycles. The van der Waals surface area contributed by atoms with Gasteiger partial charge in [0.2, 0.25) is 17.7 Å². The minimum absolute atomic E-state index is 0.446. The molecule has 0 saturated heterocycles. The van der Waals surface area contributed by atoms with E-state index in [0.717, 1.165) is 18.1 Å². The molecule has 158 valence electrons. The first-order chi connectivity index (χ1) is 14.3. The van der Waals surface area contributed by atoms with Gasteiger partial charge < -0.3 is 10.4 Å². The topological polar surface area (TPSA) is 130 Å². The summed E-state index contributed by atoms with van der Waals surface area (Å²) in [6.45, 7) is 1.12. The standard InChI is InChI=1S/C21H22N2O6S/c1-14(24)22-17(21(27)28)12-18(25)23-19(26)13-30(29)20(15-8-4-2-5-9-15)16-10-6-3-7-11-16/h2-11,17,20H,12-13H2,1H3,(H,22,24)(H,27,28)(H,23,25,26)/t17-,30?/m0/s1. The summed E-state index contributed by atoms with van der Waals surface area (Å²) in [6.07, 6.45) is -0.617. The molecule has 3 amide bonds. The van der Waals surface area contributed by atoms with Crippen LogP contribution in [-0.4, -0.2) is 44.8 Å². The van der Waals surface area contributed by atoms with Gasteiger partial charge in [-0.25, -0.2) is 4.79 Å². The second-order valence-corrected chi connectivity index (χ2v) is 8.01. The number of hydrogen-bond acceptors (Lipinski definition) is 5. The number of benzene rings is 2. The fraction of sp³-hybridized carbons (Fsp3) is 0.238. The van der Waals surface area contributed by atoms with E-state index in [2.05, 4.69) is 5.32 Å². The Morgan fingerprint density at radius 1 is 0.900 bits per heavy atom. The van der Waals surface area contributed by atoms with E-state index in [9.17, 15) is 23.4 Å². The maximum absolute atomic E-state index is 13.0. The van der Waals surface area contributed by atoms with E-state index in [1.54, 1.807) is 24.3 Å². The summed E-state index contributed by atoms with van der Waals surface area (Å²) in [6, 6.07) is 16.7. The Bertz CT molecular complexity index is 894. The minimum Gasteiger partial charge on any atom is -0.480 e. The Kier molecular flexibility index (Phi) is 8.42. The van der Waals surface area contributed by atoms with E-state index >= 15 is 0 Å². The number of aliphatic carboxylic acids is 1. The molecule has 1 unspecified atom stereocenters. The average Bonchev–Trinajstić information content (AvgIpc) is 2.68. The molecule has 2 aromatic carbocycles. The van der Waals surface area contributed by atoms with Crippen LogP contribution in [0.25, 0.3) is 0 Å². The van der Waals surface area contributed by atoms with Gasteiger partial charge in [-0.2, -0.15) is 0 Å². The highest BCUT2D eigenvalue weighted by Gasteiger charge is 2.26. The number of rotatable bonds is 9. The van der Waals surface area contributed by atoms with Crippen molar-refractivity contribution in [1.82, 2.24) is 10.6 Å². The van der Waals surface area contributed by atoms with Crippen molar-refractivity contribution in [1.29, 1.82) is 0 Å². The van der Waals surface area contributed by atoms with E-state index in [0.29, 0.717) is 0 Å². The van der Waals surface area contributed by atoms with E-state index in [-0.39, 0.29) is 0 Å². The van der Waals surface area contributed by atoms with Crippen LogP contribution >= 0.6 is 0 Å². The van der Waals surface area contributed by atoms with Gasteiger partial charge in [0.15, 0.2) is 0 Å². The average molecular weight is 430 g/mol. The molecular weight excluding hydrogens is 408 g/mol. The first-order valence-electron chi connectivity index (χ1n) is 9.07. The number of carbonyl (C=O) groups is 4. The Morgan fingerprint density at radius 2 is 1.40 bits per heavy atom. The number of carboxylic acids is 1. The van der Waals surface area contributed by atoms with Crippen molar-refractivity contribution < 1.29 is 28.5 Å². The van der Waals surface area contributed by atoms with Crippen molar-refractivity contribution in [3.05, 3.63) is 71.8 Å². The SMILES string of the molecule is CC(=O)N[C@@H](CC(=O)NC(=O)CS(=O)C(c1ccccc1)c1ccccc1)C(=O)O. The number of carboxylic acid groups (broad SMARTS) is 1. The maximum atomic E-state index is 13.0. The van der Waals surface area contributed by atoms with Gasteiger partial charge in [-0.15, -0.1) is 0 Å². The minimum atomic E-state index is -1.69. The molecule has 2 atom stereocenters. The van der Waals surface area contributed by atoms with E-state index in [4.69, 9.17) is 5.11 Å². The zero-order valence-corrected chi connectivity index (χ0v) is 17.1. The third-order valence-corrected chi connectivity index (χ3v) is 5.70. The number of carbonyl (C=O) groups excluding carboxylic acids is 3. The van der Waals surface area contributed by atoms with Crippen LogP contribution in [0.5, 0.6) is 0 Å². The van der Waals surface area contributed by atoms with Crippen LogP contribution in [0.4, 0.5) is 0 Å². The fourth-order valence-electron chi connectivity index (χ4n) is 2.84. The van der Waals surface area contributed by atoms with Gasteiger partial charge in [-0.05, 0) is 11.1 Å². The molecular formula is C21H22N2O6S. The lowest BCUT2D eigenvalue weighted by molar-refractivity contribution is -0.143. The van der Waals surface area contributed by atoms with Gasteiger partial charge in [-0.1, -0.05) is 60.7 Å². The van der Waals surface area contributed by atoms with E-state index in [1.165, 1.54) is 0 Å². The molecule has 0 fully saturated rings. The van der Waals surface area contributed by atoms with Crippen LogP contribution in [0.2, 0.25) is 0 Å². The number of nitrogens with one attached hydrogen (secondary N) is 2. The van der Waals surface area contributed by atoms with Gasteiger partial charge in [-0.3, -0.25) is 23.9 Å². The van der Waals surface area contributed by atoms with Gasteiger partial charge in [0.25, 0.3) is 0 Å². The van der Waals surface area contributed by atoms with E-state index in [1.807, 2.05) is 41.7 Å². The smallest absolute Gasteiger partial charge is 0.326 e. The predicted octanol–water partition coefficient (Wildman–Crippen LogP) is 1.15. The lowest BCUT2D eigenvalue weighted by Crippen LogP contribution is -2.45. The summed E-state index contributed by atoms with van der Waals surface area (Å²) in [5.74, 6) is -4.13. The normalized spacial score (nSPS) is 12.6. The molecule has 0 aromatic heterocycles. The maximum Gasteiger partial charge on any atom is 0.326 e. The van der Waals surface area contributed by atoms with Gasteiger partial charge in [0.1, 0.15) is 11.8 Å². The first kappa shape index (κ1) is 23.0. The Morgan fingerprint density at radius 3 is 1.83 bits per heavy atom. The third kappa shape index (κ3) is 6.93. The summed E-state index contributed by atoms with van der Waals surface area (Å²) >= 11 is 0. The molecule has 3 N–H and O–H groups in total. The Labute approximate surface area is 176 Å². The van der Waals surface area contributed by atoms with Crippen molar-refractivity contribution in [2.45, 2.75) is 24.6 Å². The summed E-state index contributed by atoms with van der Waals surface area (Å²) in [7, 11) is -1.69. The molecule has 0 saturated carbocycles. The molecule has 0 radical (unpaired) electrons. The van der Waals surface area contributed by atoms with Crippen LogP contribution < -0.4 is 10.6 Å². The van der Waals surface area contributed by atoms with Crippen molar-refractivity contribution in [3.63, 3.8) is 0 Å². The summed E-state index contributed by atoms with van der Waals surface area (Å²) in [5.41, 5.74) is 1.52. The molecule has 2 aromatic rings. The van der Waals surface area contributed by atoms with E-state index < -0.39 is 58.0 Å². The highest BCUT2D eigenvalue weighted by molar-refractivity contribution is 7.86. The van der Waals surface area contributed by atoms with Crippen LogP contribution in [0.15, 0.2) is 60.7 Å². The molecule has 0 bridgehead atoms.